The standard InChI is InChI=1S/C18H20F16O3/c1-2-3-4-5-6-7-8-11(19)9-35-10-12(20,21)36-17(31,32)18(33,34)37-16(29,30)14(24,25)13(22,23)15(26,27)28/h2,11H,1,3-10H2. The van der Waals surface area contributed by atoms with Gasteiger partial charge < -0.3 is 4.74 Å². The van der Waals surface area contributed by atoms with Crippen LogP contribution in [0.5, 0.6) is 0 Å². The fourth-order valence-corrected chi connectivity index (χ4v) is 2.32. The average molecular weight is 588 g/mol. The van der Waals surface area contributed by atoms with E-state index in [2.05, 4.69) is 16.1 Å². The predicted octanol–water partition coefficient (Wildman–Crippen LogP) is 8.11. The predicted molar refractivity (Wildman–Crippen MR) is 91.5 cm³/mol. The summed E-state index contributed by atoms with van der Waals surface area (Å²) in [6.07, 6.45) is -32.9. The number of ether oxygens (including phenoxy) is 3. The first-order valence-corrected chi connectivity index (χ1v) is 9.93. The van der Waals surface area contributed by atoms with Crippen molar-refractivity contribution >= 4 is 0 Å². The van der Waals surface area contributed by atoms with Crippen molar-refractivity contribution < 1.29 is 84.5 Å². The zero-order chi connectivity index (χ0) is 29.6. The lowest BCUT2D eigenvalue weighted by molar-refractivity contribution is -0.543. The third-order valence-electron chi connectivity index (χ3n) is 4.23. The molecule has 0 amide bonds. The highest BCUT2D eigenvalue weighted by Gasteiger charge is 2.85. The van der Waals surface area contributed by atoms with E-state index in [0.29, 0.717) is 19.3 Å². The zero-order valence-corrected chi connectivity index (χ0v) is 18.3. The molecule has 0 aliphatic carbocycles. The minimum absolute atomic E-state index is 0.239. The summed E-state index contributed by atoms with van der Waals surface area (Å²) in [6, 6.07) is 0. The Morgan fingerprint density at radius 2 is 1.11 bits per heavy atom. The molecule has 0 aromatic heterocycles. The first kappa shape index (κ1) is 35.5. The first-order chi connectivity index (χ1) is 16.4. The van der Waals surface area contributed by atoms with Crippen LogP contribution in [0.4, 0.5) is 70.2 Å². The second kappa shape index (κ2) is 12.6. The first-order valence-electron chi connectivity index (χ1n) is 9.93. The number of alkyl halides is 16. The van der Waals surface area contributed by atoms with Crippen LogP contribution in [0.3, 0.4) is 0 Å². The molecule has 0 aromatic rings. The number of allylic oxidation sites excluding steroid dienone is 1. The van der Waals surface area contributed by atoms with Crippen molar-refractivity contribution in [2.75, 3.05) is 13.2 Å². The minimum atomic E-state index is -7.93. The normalized spacial score (nSPS) is 15.7. The molecule has 0 rings (SSSR count). The highest BCUT2D eigenvalue weighted by atomic mass is 19.4. The molecule has 19 heteroatoms. The summed E-state index contributed by atoms with van der Waals surface area (Å²) in [5.41, 5.74) is 0. The summed E-state index contributed by atoms with van der Waals surface area (Å²) in [6.45, 7) is -0.161. The summed E-state index contributed by atoms with van der Waals surface area (Å²) in [5.74, 6) is -15.7. The van der Waals surface area contributed by atoms with Crippen molar-refractivity contribution in [3.05, 3.63) is 12.7 Å². The van der Waals surface area contributed by atoms with Gasteiger partial charge in [0.15, 0.2) is 0 Å². The van der Waals surface area contributed by atoms with Gasteiger partial charge in [-0.3, -0.25) is 0 Å². The number of unbranched alkanes of at least 4 members (excludes halogenated alkanes) is 4. The maximum absolute atomic E-state index is 13.5. The summed E-state index contributed by atoms with van der Waals surface area (Å²) in [4.78, 5) is 0. The number of rotatable bonds is 18. The second-order valence-corrected chi connectivity index (χ2v) is 7.43. The molecule has 0 bridgehead atoms. The van der Waals surface area contributed by atoms with Crippen LogP contribution >= 0.6 is 0 Å². The molecule has 0 N–H and O–H groups in total. The molecule has 0 aliphatic rings. The maximum Gasteiger partial charge on any atom is 0.460 e. The molecule has 0 heterocycles. The Balaban J connectivity index is 5.12. The zero-order valence-electron chi connectivity index (χ0n) is 18.3. The molecule has 0 aromatic carbocycles. The van der Waals surface area contributed by atoms with E-state index in [0.717, 1.165) is 6.42 Å². The maximum atomic E-state index is 13.5. The van der Waals surface area contributed by atoms with E-state index in [1.165, 1.54) is 4.74 Å². The van der Waals surface area contributed by atoms with Crippen LogP contribution in [0.25, 0.3) is 0 Å². The SMILES string of the molecule is C=CCCCCCCC(F)COCC(F)(F)OC(F)(F)C(F)(F)OC(F)(F)C(F)(F)C(F)(F)C(F)(F)F. The van der Waals surface area contributed by atoms with Crippen LogP contribution in [0.15, 0.2) is 12.7 Å². The van der Waals surface area contributed by atoms with Crippen molar-refractivity contribution in [2.24, 2.45) is 0 Å². The molecular formula is C18H20F16O3. The van der Waals surface area contributed by atoms with Crippen LogP contribution in [0, 0.1) is 0 Å². The molecule has 0 fully saturated rings. The summed E-state index contributed by atoms with van der Waals surface area (Å²) in [7, 11) is 0. The van der Waals surface area contributed by atoms with Crippen LogP contribution in [-0.2, 0) is 14.2 Å². The van der Waals surface area contributed by atoms with Crippen molar-refractivity contribution in [1.29, 1.82) is 0 Å². The molecule has 0 aliphatic heterocycles. The van der Waals surface area contributed by atoms with Gasteiger partial charge in [0.1, 0.15) is 12.8 Å². The Morgan fingerprint density at radius 3 is 1.59 bits per heavy atom. The molecular weight excluding hydrogens is 568 g/mol. The van der Waals surface area contributed by atoms with Gasteiger partial charge in [-0.1, -0.05) is 25.3 Å². The van der Waals surface area contributed by atoms with Crippen molar-refractivity contribution in [3.63, 3.8) is 0 Å². The largest absolute Gasteiger partial charge is 0.460 e. The van der Waals surface area contributed by atoms with E-state index in [1.807, 2.05) is 0 Å². The highest BCUT2D eigenvalue weighted by Crippen LogP contribution is 2.55. The van der Waals surface area contributed by atoms with Crippen molar-refractivity contribution in [1.82, 2.24) is 0 Å². The third-order valence-corrected chi connectivity index (χ3v) is 4.23. The van der Waals surface area contributed by atoms with Crippen LogP contribution in [0.1, 0.15) is 38.5 Å². The van der Waals surface area contributed by atoms with Crippen molar-refractivity contribution in [2.45, 2.75) is 87.2 Å². The van der Waals surface area contributed by atoms with Crippen LogP contribution < -0.4 is 0 Å². The number of hydrogen-bond donors (Lipinski definition) is 0. The Morgan fingerprint density at radius 1 is 0.622 bits per heavy atom. The molecule has 1 unspecified atom stereocenters. The monoisotopic (exact) mass is 588 g/mol. The Kier molecular flexibility index (Phi) is 12.1. The van der Waals surface area contributed by atoms with Gasteiger partial charge in [0, 0.05) is 0 Å². The van der Waals surface area contributed by atoms with E-state index < -0.39 is 61.8 Å². The lowest BCUT2D eigenvalue weighted by atomic mass is 10.1. The fourth-order valence-electron chi connectivity index (χ4n) is 2.32. The molecule has 0 radical (unpaired) electrons. The van der Waals surface area contributed by atoms with E-state index >= 15 is 0 Å². The Hall–Kier alpha value is -1.50. The fraction of sp³-hybridized carbons (Fsp3) is 0.889. The molecule has 1 atom stereocenters. The molecule has 0 saturated heterocycles. The van der Waals surface area contributed by atoms with Gasteiger partial charge in [0.05, 0.1) is 6.61 Å². The Bertz CT molecular complexity index is 708. The van der Waals surface area contributed by atoms with Crippen LogP contribution in [-0.4, -0.2) is 61.8 Å². The summed E-state index contributed by atoms with van der Waals surface area (Å²) < 4.78 is 214. The van der Waals surface area contributed by atoms with Gasteiger partial charge in [0.2, 0.25) is 0 Å². The van der Waals surface area contributed by atoms with Crippen molar-refractivity contribution in [3.8, 4) is 0 Å². The van der Waals surface area contributed by atoms with Gasteiger partial charge in [-0.25, -0.2) is 13.9 Å². The van der Waals surface area contributed by atoms with E-state index in [9.17, 15) is 70.2 Å². The quantitative estimate of drug-likeness (QED) is 0.0921. The molecule has 222 valence electrons. The van der Waals surface area contributed by atoms with Gasteiger partial charge in [-0.2, -0.15) is 65.9 Å². The minimum Gasteiger partial charge on any atom is -0.369 e. The van der Waals surface area contributed by atoms with Gasteiger partial charge >= 0.3 is 42.5 Å². The number of hydrogen-bond acceptors (Lipinski definition) is 3. The Labute approximate surface area is 198 Å². The van der Waals surface area contributed by atoms with Crippen LogP contribution in [0.2, 0.25) is 0 Å². The van der Waals surface area contributed by atoms with Gasteiger partial charge in [-0.05, 0) is 19.3 Å². The summed E-state index contributed by atoms with van der Waals surface area (Å²) in [5, 5.41) is 0. The molecule has 0 saturated carbocycles. The molecule has 0 spiro atoms. The average Bonchev–Trinajstić information content (AvgIpc) is 2.67. The smallest absolute Gasteiger partial charge is 0.369 e. The second-order valence-electron chi connectivity index (χ2n) is 7.43. The highest BCUT2D eigenvalue weighted by molar-refractivity contribution is 4.97. The summed E-state index contributed by atoms with van der Waals surface area (Å²) >= 11 is 0. The van der Waals surface area contributed by atoms with E-state index in [1.54, 1.807) is 6.08 Å². The topological polar surface area (TPSA) is 27.7 Å². The lowest BCUT2D eigenvalue weighted by Gasteiger charge is -2.36. The lowest BCUT2D eigenvalue weighted by Crippen LogP contribution is -2.64. The third kappa shape index (κ3) is 9.63. The van der Waals surface area contributed by atoms with E-state index in [4.69, 9.17) is 0 Å². The number of halogens is 16. The molecule has 3 nitrogen and oxygen atoms in total. The molecule has 37 heavy (non-hydrogen) atoms. The van der Waals surface area contributed by atoms with Gasteiger partial charge in [0.25, 0.3) is 0 Å². The van der Waals surface area contributed by atoms with Gasteiger partial charge in [-0.15, -0.1) is 6.58 Å². The van der Waals surface area contributed by atoms with E-state index in [-0.39, 0.29) is 12.8 Å².